The second-order valence-electron chi connectivity index (χ2n) is 6.11. The molecule has 1 N–H and O–H groups in total. The molecule has 4 aromatic rings. The van der Waals surface area contributed by atoms with Crippen LogP contribution < -0.4 is 5.32 Å². The van der Waals surface area contributed by atoms with E-state index in [-0.39, 0.29) is 5.91 Å². The predicted molar refractivity (Wildman–Crippen MR) is 102 cm³/mol. The highest BCUT2D eigenvalue weighted by atomic mass is 16.1. The van der Waals surface area contributed by atoms with E-state index in [1.54, 1.807) is 11.0 Å². The number of anilines is 1. The van der Waals surface area contributed by atoms with Crippen LogP contribution in [0.4, 0.5) is 5.69 Å². The molecule has 0 bridgehead atoms. The molecule has 0 atom stereocenters. The van der Waals surface area contributed by atoms with Crippen LogP contribution in [0.5, 0.6) is 0 Å². The zero-order valence-electron chi connectivity index (χ0n) is 14.2. The lowest BCUT2D eigenvalue weighted by atomic mass is 10.0. The van der Waals surface area contributed by atoms with E-state index in [0.717, 1.165) is 27.6 Å². The number of carbonyl (C=O) groups is 1. The Morgan fingerprint density at radius 2 is 1.69 bits per heavy atom. The van der Waals surface area contributed by atoms with Crippen LogP contribution in [0.3, 0.4) is 0 Å². The maximum absolute atomic E-state index is 12.6. The number of carbonyl (C=O) groups excluding carboxylic acids is 1. The van der Waals surface area contributed by atoms with E-state index in [0.29, 0.717) is 13.0 Å². The normalized spacial score (nSPS) is 10.8. The van der Waals surface area contributed by atoms with E-state index in [9.17, 15) is 4.79 Å². The van der Waals surface area contributed by atoms with Crippen molar-refractivity contribution in [2.75, 3.05) is 5.32 Å². The summed E-state index contributed by atoms with van der Waals surface area (Å²) < 4.78 is 1.73. The van der Waals surface area contributed by atoms with Crippen LogP contribution in [0.25, 0.3) is 10.8 Å². The summed E-state index contributed by atoms with van der Waals surface area (Å²) in [4.78, 5) is 16.6. The van der Waals surface area contributed by atoms with Crippen LogP contribution in [0.2, 0.25) is 0 Å². The van der Waals surface area contributed by atoms with Crippen LogP contribution in [0.15, 0.2) is 79.4 Å². The van der Waals surface area contributed by atoms with Gasteiger partial charge in [0.05, 0.1) is 13.0 Å². The van der Waals surface area contributed by atoms with Crippen molar-refractivity contribution in [3.8, 4) is 0 Å². The Kier molecular flexibility index (Phi) is 4.43. The van der Waals surface area contributed by atoms with E-state index < -0.39 is 0 Å². The lowest BCUT2D eigenvalue weighted by molar-refractivity contribution is -0.115. The number of fused-ring (bicyclic) bond motifs is 1. The van der Waals surface area contributed by atoms with E-state index >= 15 is 0 Å². The summed E-state index contributed by atoms with van der Waals surface area (Å²) in [6, 6.07) is 21.9. The largest absolute Gasteiger partial charge is 0.325 e. The van der Waals surface area contributed by atoms with Crippen molar-refractivity contribution in [3.63, 3.8) is 0 Å². The fourth-order valence-electron chi connectivity index (χ4n) is 3.08. The van der Waals surface area contributed by atoms with Crippen LogP contribution >= 0.6 is 0 Å². The number of aromatic nitrogens is 3. The molecule has 128 valence electrons. The number of nitrogens with one attached hydrogen (secondary N) is 1. The highest BCUT2D eigenvalue weighted by Crippen LogP contribution is 2.20. The molecule has 1 amide bonds. The first-order valence-corrected chi connectivity index (χ1v) is 8.46. The lowest BCUT2D eigenvalue weighted by Gasteiger charge is -2.12. The summed E-state index contributed by atoms with van der Waals surface area (Å²) in [6.45, 7) is 0.560. The zero-order valence-corrected chi connectivity index (χ0v) is 14.2. The minimum atomic E-state index is -0.0348. The van der Waals surface area contributed by atoms with Gasteiger partial charge in [0.25, 0.3) is 0 Å². The molecule has 4 rings (SSSR count). The highest BCUT2D eigenvalue weighted by molar-refractivity contribution is 5.96. The van der Waals surface area contributed by atoms with Gasteiger partial charge >= 0.3 is 0 Å². The van der Waals surface area contributed by atoms with E-state index in [1.165, 1.54) is 6.33 Å². The molecule has 5 heteroatoms. The molecule has 0 radical (unpaired) electrons. The quantitative estimate of drug-likeness (QED) is 0.602. The predicted octanol–water partition coefficient (Wildman–Crippen LogP) is 3.66. The Morgan fingerprint density at radius 3 is 2.58 bits per heavy atom. The number of nitrogens with zero attached hydrogens (tertiary/aromatic N) is 3. The number of hydrogen-bond acceptors (Lipinski definition) is 3. The van der Waals surface area contributed by atoms with Gasteiger partial charge in [-0.3, -0.25) is 4.79 Å². The second-order valence-corrected chi connectivity index (χ2v) is 6.11. The van der Waals surface area contributed by atoms with Gasteiger partial charge in [-0.15, -0.1) is 0 Å². The van der Waals surface area contributed by atoms with Crippen molar-refractivity contribution in [2.45, 2.75) is 13.0 Å². The molecule has 0 aliphatic carbocycles. The maximum Gasteiger partial charge on any atom is 0.228 e. The number of para-hydroxylation sites is 1. The van der Waals surface area contributed by atoms with Crippen molar-refractivity contribution in [1.82, 2.24) is 14.8 Å². The molecule has 0 saturated carbocycles. The van der Waals surface area contributed by atoms with Crippen molar-refractivity contribution >= 4 is 22.4 Å². The van der Waals surface area contributed by atoms with Gasteiger partial charge in [0.1, 0.15) is 12.7 Å². The average Bonchev–Trinajstić information content (AvgIpc) is 3.17. The van der Waals surface area contributed by atoms with Crippen LogP contribution in [0.1, 0.15) is 11.1 Å². The monoisotopic (exact) mass is 342 g/mol. The molecule has 0 fully saturated rings. The van der Waals surface area contributed by atoms with E-state index in [2.05, 4.69) is 33.6 Å². The molecule has 1 heterocycles. The fraction of sp³-hybridized carbons (Fsp3) is 0.0952. The van der Waals surface area contributed by atoms with Crippen LogP contribution in [-0.2, 0) is 17.8 Å². The highest BCUT2D eigenvalue weighted by Gasteiger charge is 2.10. The van der Waals surface area contributed by atoms with Gasteiger partial charge in [0.15, 0.2) is 0 Å². The summed E-state index contributed by atoms with van der Waals surface area (Å²) in [5.41, 5.74) is 2.81. The second kappa shape index (κ2) is 7.19. The van der Waals surface area contributed by atoms with Crippen LogP contribution in [0, 0.1) is 0 Å². The third kappa shape index (κ3) is 3.47. The zero-order chi connectivity index (χ0) is 17.8. The minimum absolute atomic E-state index is 0.0348. The first kappa shape index (κ1) is 16.0. The topological polar surface area (TPSA) is 59.8 Å². The van der Waals surface area contributed by atoms with Gasteiger partial charge in [-0.1, -0.05) is 60.7 Å². The Morgan fingerprint density at radius 1 is 0.923 bits per heavy atom. The molecule has 3 aromatic carbocycles. The molecule has 0 aliphatic rings. The Balaban J connectivity index is 1.53. The summed E-state index contributed by atoms with van der Waals surface area (Å²) in [5, 5.41) is 9.42. The summed E-state index contributed by atoms with van der Waals surface area (Å²) >= 11 is 0. The summed E-state index contributed by atoms with van der Waals surface area (Å²) in [5.74, 6) is -0.0348. The van der Waals surface area contributed by atoms with Crippen LogP contribution in [-0.4, -0.2) is 20.7 Å². The smallest absolute Gasteiger partial charge is 0.228 e. The van der Waals surface area contributed by atoms with Gasteiger partial charge in [-0.25, -0.2) is 9.67 Å². The molecule has 5 nitrogen and oxygen atoms in total. The SMILES string of the molecule is O=C(Cc1cccc2ccccc12)Nc1ccccc1Cn1cncn1. The minimum Gasteiger partial charge on any atom is -0.325 e. The Labute approximate surface area is 151 Å². The first-order valence-electron chi connectivity index (χ1n) is 8.46. The third-order valence-corrected chi connectivity index (χ3v) is 4.32. The third-order valence-electron chi connectivity index (χ3n) is 4.32. The maximum atomic E-state index is 12.6. The molecular weight excluding hydrogens is 324 g/mol. The fourth-order valence-corrected chi connectivity index (χ4v) is 3.08. The average molecular weight is 342 g/mol. The van der Waals surface area contributed by atoms with Gasteiger partial charge in [-0.2, -0.15) is 5.10 Å². The van der Waals surface area contributed by atoms with Gasteiger partial charge < -0.3 is 5.32 Å². The Hall–Kier alpha value is -3.47. The lowest BCUT2D eigenvalue weighted by Crippen LogP contribution is -2.16. The number of hydrogen-bond donors (Lipinski definition) is 1. The molecule has 0 aliphatic heterocycles. The van der Waals surface area contributed by atoms with E-state index in [1.807, 2.05) is 48.5 Å². The van der Waals surface area contributed by atoms with E-state index in [4.69, 9.17) is 0 Å². The molecule has 0 unspecified atom stereocenters. The Bertz CT molecular complexity index is 1040. The molecule has 1 aromatic heterocycles. The number of rotatable bonds is 5. The van der Waals surface area contributed by atoms with Gasteiger partial charge in [-0.05, 0) is 28.0 Å². The molecular formula is C21H18N4O. The van der Waals surface area contributed by atoms with Crippen molar-refractivity contribution in [3.05, 3.63) is 90.5 Å². The number of benzene rings is 3. The molecule has 0 saturated heterocycles. The first-order chi connectivity index (χ1) is 12.8. The van der Waals surface area contributed by atoms with Gasteiger partial charge in [0, 0.05) is 5.69 Å². The summed E-state index contributed by atoms with van der Waals surface area (Å²) in [6.07, 6.45) is 3.50. The van der Waals surface area contributed by atoms with Gasteiger partial charge in [0.2, 0.25) is 5.91 Å². The van der Waals surface area contributed by atoms with Crippen molar-refractivity contribution < 1.29 is 4.79 Å². The summed E-state index contributed by atoms with van der Waals surface area (Å²) in [7, 11) is 0. The standard InChI is InChI=1S/C21H18N4O/c26-21(12-17-9-5-8-16-6-1-3-10-19(16)17)24-20-11-4-2-7-18(20)13-25-15-22-14-23-25/h1-11,14-15H,12-13H2,(H,24,26). The van der Waals surface area contributed by atoms with Crippen molar-refractivity contribution in [2.24, 2.45) is 0 Å². The van der Waals surface area contributed by atoms with Crippen molar-refractivity contribution in [1.29, 1.82) is 0 Å². The molecule has 0 spiro atoms. The molecule has 26 heavy (non-hydrogen) atoms. The number of amides is 1.